The number of ether oxygens (including phenoxy) is 1. The molecule has 0 bridgehead atoms. The van der Waals surface area contributed by atoms with E-state index in [2.05, 4.69) is 0 Å². The molecule has 1 saturated heterocycles. The molecule has 54 valence electrons. The zero-order valence-electron chi connectivity index (χ0n) is 5.33. The van der Waals surface area contributed by atoms with E-state index in [0.717, 1.165) is 0 Å². The van der Waals surface area contributed by atoms with Gasteiger partial charge in [0.2, 0.25) is 0 Å². The molecule has 0 aliphatic carbocycles. The molecule has 1 N–H and O–H groups in total. The fourth-order valence-corrected chi connectivity index (χ4v) is 0.844. The SMILES string of the molecule is N#CC1(CC(=O)O)COC1. The summed E-state index contributed by atoms with van der Waals surface area (Å²) in [6.07, 6.45) is -0.108. The molecule has 0 spiro atoms. The van der Waals surface area contributed by atoms with Gasteiger partial charge in [0, 0.05) is 0 Å². The zero-order chi connectivity index (χ0) is 7.61. The molecule has 0 aromatic heterocycles. The molecule has 10 heavy (non-hydrogen) atoms. The van der Waals surface area contributed by atoms with E-state index in [1.54, 1.807) is 0 Å². The number of nitrogens with zero attached hydrogens (tertiary/aromatic N) is 1. The highest BCUT2D eigenvalue weighted by Crippen LogP contribution is 2.29. The summed E-state index contributed by atoms with van der Waals surface area (Å²) in [5, 5.41) is 16.8. The highest BCUT2D eigenvalue weighted by atomic mass is 16.5. The number of carboxylic acids is 1. The smallest absolute Gasteiger partial charge is 0.305 e. The van der Waals surface area contributed by atoms with Crippen molar-refractivity contribution >= 4 is 5.97 Å². The minimum Gasteiger partial charge on any atom is -0.481 e. The lowest BCUT2D eigenvalue weighted by atomic mass is 9.84. The molecule has 1 aliphatic rings. The van der Waals surface area contributed by atoms with E-state index in [-0.39, 0.29) is 19.6 Å². The van der Waals surface area contributed by atoms with Gasteiger partial charge in [-0.15, -0.1) is 0 Å². The molecule has 0 saturated carbocycles. The van der Waals surface area contributed by atoms with E-state index in [4.69, 9.17) is 15.1 Å². The molecule has 4 heteroatoms. The molecule has 0 radical (unpaired) electrons. The van der Waals surface area contributed by atoms with Crippen LogP contribution in [-0.2, 0) is 9.53 Å². The minimum atomic E-state index is -0.940. The Hall–Kier alpha value is -1.08. The number of carbonyl (C=O) groups is 1. The van der Waals surface area contributed by atoms with Crippen molar-refractivity contribution in [2.75, 3.05) is 13.2 Å². The third-order valence-corrected chi connectivity index (χ3v) is 1.48. The van der Waals surface area contributed by atoms with Crippen LogP contribution in [-0.4, -0.2) is 24.3 Å². The van der Waals surface area contributed by atoms with E-state index in [9.17, 15) is 4.79 Å². The second-order valence-corrected chi connectivity index (χ2v) is 2.46. The van der Waals surface area contributed by atoms with Crippen LogP contribution in [0.3, 0.4) is 0 Å². The zero-order valence-corrected chi connectivity index (χ0v) is 5.33. The number of carboxylic acid groups (broad SMARTS) is 1. The Balaban J connectivity index is 2.51. The van der Waals surface area contributed by atoms with Gasteiger partial charge < -0.3 is 9.84 Å². The maximum absolute atomic E-state index is 10.2. The molecular formula is C6H7NO3. The van der Waals surface area contributed by atoms with Gasteiger partial charge in [0.05, 0.1) is 25.7 Å². The van der Waals surface area contributed by atoms with Crippen molar-refractivity contribution in [3.05, 3.63) is 0 Å². The summed E-state index contributed by atoms with van der Waals surface area (Å²) < 4.78 is 4.74. The summed E-state index contributed by atoms with van der Waals surface area (Å²) in [5.74, 6) is -0.940. The highest BCUT2D eigenvalue weighted by molar-refractivity contribution is 5.68. The van der Waals surface area contributed by atoms with E-state index in [0.29, 0.717) is 0 Å². The number of nitriles is 1. The van der Waals surface area contributed by atoms with Crippen LogP contribution in [0.5, 0.6) is 0 Å². The van der Waals surface area contributed by atoms with Crippen molar-refractivity contribution in [2.45, 2.75) is 6.42 Å². The highest BCUT2D eigenvalue weighted by Gasteiger charge is 2.40. The van der Waals surface area contributed by atoms with Crippen LogP contribution < -0.4 is 0 Å². The van der Waals surface area contributed by atoms with Gasteiger partial charge in [-0.2, -0.15) is 5.26 Å². The molecule has 1 heterocycles. The van der Waals surface area contributed by atoms with E-state index < -0.39 is 11.4 Å². The molecule has 1 fully saturated rings. The lowest BCUT2D eigenvalue weighted by Crippen LogP contribution is -2.42. The second kappa shape index (κ2) is 2.27. The number of hydrogen-bond donors (Lipinski definition) is 1. The third-order valence-electron chi connectivity index (χ3n) is 1.48. The maximum Gasteiger partial charge on any atom is 0.305 e. The number of hydrogen-bond acceptors (Lipinski definition) is 3. The van der Waals surface area contributed by atoms with Crippen molar-refractivity contribution in [2.24, 2.45) is 5.41 Å². The lowest BCUT2D eigenvalue weighted by Gasteiger charge is -2.33. The van der Waals surface area contributed by atoms with E-state index >= 15 is 0 Å². The first-order valence-electron chi connectivity index (χ1n) is 2.89. The van der Waals surface area contributed by atoms with Crippen LogP contribution >= 0.6 is 0 Å². The minimum absolute atomic E-state index is 0.108. The second-order valence-electron chi connectivity index (χ2n) is 2.46. The van der Waals surface area contributed by atoms with Crippen LogP contribution in [0.25, 0.3) is 0 Å². The molecule has 0 atom stereocenters. The van der Waals surface area contributed by atoms with Gasteiger partial charge in [0.15, 0.2) is 0 Å². The van der Waals surface area contributed by atoms with Gasteiger partial charge in [-0.1, -0.05) is 0 Å². The molecule has 1 aliphatic heterocycles. The van der Waals surface area contributed by atoms with Crippen molar-refractivity contribution < 1.29 is 14.6 Å². The summed E-state index contributed by atoms with van der Waals surface area (Å²) >= 11 is 0. The molecule has 0 amide bonds. The third kappa shape index (κ3) is 1.09. The van der Waals surface area contributed by atoms with Crippen LogP contribution in [0.15, 0.2) is 0 Å². The number of rotatable bonds is 2. The molecular weight excluding hydrogens is 134 g/mol. The van der Waals surface area contributed by atoms with Gasteiger partial charge in [-0.3, -0.25) is 4.79 Å². The van der Waals surface area contributed by atoms with Crippen molar-refractivity contribution in [1.29, 1.82) is 5.26 Å². The van der Waals surface area contributed by atoms with Crippen LogP contribution in [0.4, 0.5) is 0 Å². The summed E-state index contributed by atoms with van der Waals surface area (Å²) in [5.41, 5.74) is -0.730. The van der Waals surface area contributed by atoms with Gasteiger partial charge in [-0.25, -0.2) is 0 Å². The summed E-state index contributed by atoms with van der Waals surface area (Å²) in [6, 6.07) is 1.94. The summed E-state index contributed by atoms with van der Waals surface area (Å²) in [7, 11) is 0. The first kappa shape index (κ1) is 7.03. The molecule has 0 aromatic rings. The van der Waals surface area contributed by atoms with E-state index in [1.165, 1.54) is 0 Å². The van der Waals surface area contributed by atoms with Crippen LogP contribution in [0, 0.1) is 16.7 Å². The first-order chi connectivity index (χ1) is 4.68. The van der Waals surface area contributed by atoms with Gasteiger partial charge in [-0.05, 0) is 0 Å². The lowest BCUT2D eigenvalue weighted by molar-refractivity contribution is -0.147. The van der Waals surface area contributed by atoms with Crippen molar-refractivity contribution in [3.8, 4) is 6.07 Å². The fraction of sp³-hybridized carbons (Fsp3) is 0.667. The summed E-state index contributed by atoms with van der Waals surface area (Å²) in [6.45, 7) is 0.519. The van der Waals surface area contributed by atoms with Gasteiger partial charge in [0.25, 0.3) is 0 Å². The van der Waals surface area contributed by atoms with Crippen molar-refractivity contribution in [3.63, 3.8) is 0 Å². The predicted molar refractivity (Wildman–Crippen MR) is 31.1 cm³/mol. The Morgan fingerprint density at radius 1 is 1.80 bits per heavy atom. The van der Waals surface area contributed by atoms with Crippen LogP contribution in [0.2, 0.25) is 0 Å². The van der Waals surface area contributed by atoms with Crippen molar-refractivity contribution in [1.82, 2.24) is 0 Å². The summed E-state index contributed by atoms with van der Waals surface area (Å²) in [4.78, 5) is 10.2. The monoisotopic (exact) mass is 141 g/mol. The molecule has 0 unspecified atom stereocenters. The van der Waals surface area contributed by atoms with Gasteiger partial charge >= 0.3 is 5.97 Å². The van der Waals surface area contributed by atoms with Crippen LogP contribution in [0.1, 0.15) is 6.42 Å². The Kier molecular flexibility index (Phi) is 1.60. The normalized spacial score (nSPS) is 20.7. The maximum atomic E-state index is 10.2. The predicted octanol–water partition coefficient (Wildman–Crippen LogP) is 0.00128. The van der Waals surface area contributed by atoms with Gasteiger partial charge in [0.1, 0.15) is 5.41 Å². The molecule has 4 nitrogen and oxygen atoms in total. The largest absolute Gasteiger partial charge is 0.481 e. The Morgan fingerprint density at radius 3 is 2.50 bits per heavy atom. The Labute approximate surface area is 58.0 Å². The average Bonchev–Trinajstić information content (AvgIpc) is 1.78. The topological polar surface area (TPSA) is 70.3 Å². The average molecular weight is 141 g/mol. The molecule has 0 aromatic carbocycles. The quantitative estimate of drug-likeness (QED) is 0.587. The standard InChI is InChI=1S/C6H7NO3/c7-2-6(1-5(8)9)3-10-4-6/h1,3-4H2,(H,8,9). The van der Waals surface area contributed by atoms with E-state index in [1.807, 2.05) is 6.07 Å². The Morgan fingerprint density at radius 2 is 2.40 bits per heavy atom. The number of aliphatic carboxylic acids is 1. The fourth-order valence-electron chi connectivity index (χ4n) is 0.844. The first-order valence-corrected chi connectivity index (χ1v) is 2.89. The Bertz CT molecular complexity index is 190. The molecule has 1 rings (SSSR count).